The monoisotopic (exact) mass is 149 g/mol. The first-order valence-electron chi connectivity index (χ1n) is 3.07. The van der Waals surface area contributed by atoms with Crippen molar-refractivity contribution in [2.45, 2.75) is 19.9 Å². The molecule has 1 aliphatic heterocycles. The van der Waals surface area contributed by atoms with Gasteiger partial charge in [-0.15, -0.1) is 0 Å². The van der Waals surface area contributed by atoms with Gasteiger partial charge in [-0.1, -0.05) is 0 Å². The van der Waals surface area contributed by atoms with Crippen molar-refractivity contribution >= 4 is 10.0 Å². The third-order valence-corrected chi connectivity index (χ3v) is 3.48. The van der Waals surface area contributed by atoms with Gasteiger partial charge in [0.15, 0.2) is 0 Å². The van der Waals surface area contributed by atoms with Gasteiger partial charge in [-0.2, -0.15) is 4.31 Å². The van der Waals surface area contributed by atoms with Gasteiger partial charge in [-0.3, -0.25) is 0 Å². The first kappa shape index (κ1) is 7.02. The molecule has 0 radical (unpaired) electrons. The number of hydrogen-bond donors (Lipinski definition) is 0. The quantitative estimate of drug-likeness (QED) is 0.520. The molecule has 0 aromatic rings. The zero-order chi connectivity index (χ0) is 7.07. The zero-order valence-electron chi connectivity index (χ0n) is 5.66. The van der Waals surface area contributed by atoms with Gasteiger partial charge in [-0.05, 0) is 13.8 Å². The van der Waals surface area contributed by atoms with Gasteiger partial charge in [0.05, 0.1) is 5.75 Å². The number of sulfonamides is 1. The van der Waals surface area contributed by atoms with Crippen LogP contribution in [-0.2, 0) is 10.0 Å². The lowest BCUT2D eigenvalue weighted by Gasteiger charge is -1.98. The van der Waals surface area contributed by atoms with Gasteiger partial charge >= 0.3 is 0 Å². The van der Waals surface area contributed by atoms with Crippen molar-refractivity contribution in [1.82, 2.24) is 4.31 Å². The Kier molecular flexibility index (Phi) is 1.52. The Hall–Kier alpha value is -0.0900. The van der Waals surface area contributed by atoms with E-state index in [4.69, 9.17) is 0 Å². The third-order valence-electron chi connectivity index (χ3n) is 1.52. The SMILES string of the molecule is CCS(=O)(=O)N1CC1C. The van der Waals surface area contributed by atoms with Crippen LogP contribution in [0.25, 0.3) is 0 Å². The Morgan fingerprint density at radius 2 is 2.11 bits per heavy atom. The highest BCUT2D eigenvalue weighted by atomic mass is 32.2. The molecule has 2 atom stereocenters. The van der Waals surface area contributed by atoms with Crippen LogP contribution in [0.15, 0.2) is 0 Å². The van der Waals surface area contributed by atoms with Crippen molar-refractivity contribution in [1.29, 1.82) is 0 Å². The summed E-state index contributed by atoms with van der Waals surface area (Å²) in [6.07, 6.45) is 0. The molecule has 0 bridgehead atoms. The molecule has 0 saturated carbocycles. The molecule has 0 aromatic heterocycles. The van der Waals surface area contributed by atoms with Crippen LogP contribution in [0.2, 0.25) is 0 Å². The summed E-state index contributed by atoms with van der Waals surface area (Å²) in [5, 5.41) is 0. The van der Waals surface area contributed by atoms with Crippen molar-refractivity contribution in [3.63, 3.8) is 0 Å². The van der Waals surface area contributed by atoms with Gasteiger partial charge in [0, 0.05) is 12.6 Å². The number of hydrogen-bond acceptors (Lipinski definition) is 2. The van der Waals surface area contributed by atoms with Crippen molar-refractivity contribution in [3.8, 4) is 0 Å². The van der Waals surface area contributed by atoms with Crippen LogP contribution in [0.4, 0.5) is 0 Å². The maximum atomic E-state index is 10.9. The standard InChI is InChI=1S/C5H11NO2S/c1-3-9(7,8)6-4-5(6)2/h5H,3-4H2,1-2H3. The lowest BCUT2D eigenvalue weighted by molar-refractivity contribution is 0.557. The molecule has 0 amide bonds. The van der Waals surface area contributed by atoms with E-state index in [-0.39, 0.29) is 11.8 Å². The molecule has 1 heterocycles. The highest BCUT2D eigenvalue weighted by molar-refractivity contribution is 7.89. The Balaban J connectivity index is 2.63. The summed E-state index contributed by atoms with van der Waals surface area (Å²) in [6.45, 7) is 4.30. The van der Waals surface area contributed by atoms with E-state index < -0.39 is 10.0 Å². The molecular weight excluding hydrogens is 138 g/mol. The first-order chi connectivity index (χ1) is 4.08. The number of nitrogens with zero attached hydrogens (tertiary/aromatic N) is 1. The van der Waals surface area contributed by atoms with Crippen LogP contribution in [0.1, 0.15) is 13.8 Å². The maximum Gasteiger partial charge on any atom is 0.214 e. The Bertz CT molecular complexity index is 197. The normalized spacial score (nSPS) is 34.4. The highest BCUT2D eigenvalue weighted by Crippen LogP contribution is 2.21. The average Bonchev–Trinajstić information content (AvgIpc) is 2.47. The second kappa shape index (κ2) is 1.95. The molecule has 2 unspecified atom stereocenters. The van der Waals surface area contributed by atoms with Gasteiger partial charge in [0.1, 0.15) is 0 Å². The fraction of sp³-hybridized carbons (Fsp3) is 1.00. The van der Waals surface area contributed by atoms with E-state index in [0.29, 0.717) is 0 Å². The highest BCUT2D eigenvalue weighted by Gasteiger charge is 2.38. The van der Waals surface area contributed by atoms with Crippen LogP contribution in [0, 0.1) is 0 Å². The molecule has 1 rings (SSSR count). The summed E-state index contributed by atoms with van der Waals surface area (Å²) in [5.74, 6) is 0.233. The summed E-state index contributed by atoms with van der Waals surface area (Å²) >= 11 is 0. The summed E-state index contributed by atoms with van der Waals surface area (Å²) in [7, 11) is -2.84. The Morgan fingerprint density at radius 1 is 1.67 bits per heavy atom. The Labute approximate surface area is 55.7 Å². The molecule has 0 spiro atoms. The maximum absolute atomic E-state index is 10.9. The second-order valence-electron chi connectivity index (χ2n) is 2.32. The van der Waals surface area contributed by atoms with Crippen molar-refractivity contribution in [3.05, 3.63) is 0 Å². The first-order valence-corrected chi connectivity index (χ1v) is 4.68. The van der Waals surface area contributed by atoms with Crippen molar-refractivity contribution < 1.29 is 8.42 Å². The number of rotatable bonds is 2. The molecule has 1 fully saturated rings. The van der Waals surface area contributed by atoms with E-state index in [1.165, 1.54) is 4.31 Å². The summed E-state index contributed by atoms with van der Waals surface area (Å²) in [5.41, 5.74) is 0. The van der Waals surface area contributed by atoms with E-state index in [1.54, 1.807) is 6.92 Å². The predicted octanol–water partition coefficient (Wildman–Crippen LogP) is 0.0402. The lowest BCUT2D eigenvalue weighted by atomic mass is 10.6. The van der Waals surface area contributed by atoms with Crippen LogP contribution < -0.4 is 0 Å². The minimum atomic E-state index is -2.84. The fourth-order valence-electron chi connectivity index (χ4n) is 0.767. The van der Waals surface area contributed by atoms with Crippen LogP contribution >= 0.6 is 0 Å². The van der Waals surface area contributed by atoms with Gasteiger partial charge < -0.3 is 0 Å². The lowest BCUT2D eigenvalue weighted by Crippen LogP contribution is -2.15. The van der Waals surface area contributed by atoms with E-state index in [9.17, 15) is 8.42 Å². The van der Waals surface area contributed by atoms with E-state index >= 15 is 0 Å². The van der Waals surface area contributed by atoms with Crippen LogP contribution in [0.5, 0.6) is 0 Å². The van der Waals surface area contributed by atoms with E-state index in [0.717, 1.165) is 6.54 Å². The Morgan fingerprint density at radius 3 is 2.22 bits per heavy atom. The third kappa shape index (κ3) is 1.24. The average molecular weight is 149 g/mol. The molecule has 1 saturated heterocycles. The minimum Gasteiger partial charge on any atom is -0.212 e. The van der Waals surface area contributed by atoms with Crippen molar-refractivity contribution in [2.24, 2.45) is 0 Å². The molecule has 54 valence electrons. The largest absolute Gasteiger partial charge is 0.214 e. The molecule has 1 aliphatic rings. The molecule has 4 heteroatoms. The molecule has 9 heavy (non-hydrogen) atoms. The minimum absolute atomic E-state index is 0.233. The van der Waals surface area contributed by atoms with Crippen molar-refractivity contribution in [2.75, 3.05) is 12.3 Å². The van der Waals surface area contributed by atoms with Crippen LogP contribution in [0.3, 0.4) is 0 Å². The van der Waals surface area contributed by atoms with E-state index in [1.807, 2.05) is 6.92 Å². The van der Waals surface area contributed by atoms with Gasteiger partial charge in [-0.25, -0.2) is 8.42 Å². The predicted molar refractivity (Wildman–Crippen MR) is 35.6 cm³/mol. The zero-order valence-corrected chi connectivity index (χ0v) is 6.48. The van der Waals surface area contributed by atoms with Crippen LogP contribution in [-0.4, -0.2) is 31.1 Å². The summed E-state index contributed by atoms with van der Waals surface area (Å²) < 4.78 is 23.3. The summed E-state index contributed by atoms with van der Waals surface area (Å²) in [4.78, 5) is 0. The molecular formula is C5H11NO2S. The molecule has 0 aliphatic carbocycles. The second-order valence-corrected chi connectivity index (χ2v) is 4.53. The smallest absolute Gasteiger partial charge is 0.212 e. The topological polar surface area (TPSA) is 37.1 Å². The van der Waals surface area contributed by atoms with Gasteiger partial charge in [0.2, 0.25) is 10.0 Å². The van der Waals surface area contributed by atoms with Gasteiger partial charge in [0.25, 0.3) is 0 Å². The van der Waals surface area contributed by atoms with E-state index in [2.05, 4.69) is 0 Å². The molecule has 0 aromatic carbocycles. The fourth-order valence-corrected chi connectivity index (χ4v) is 2.09. The summed E-state index contributed by atoms with van der Waals surface area (Å²) in [6, 6.07) is 0.259. The molecule has 3 nitrogen and oxygen atoms in total. The molecule has 0 N–H and O–H groups in total.